The van der Waals surface area contributed by atoms with E-state index in [-0.39, 0.29) is 24.0 Å². The summed E-state index contributed by atoms with van der Waals surface area (Å²) in [5.74, 6) is -1.19. The summed E-state index contributed by atoms with van der Waals surface area (Å²) in [4.78, 5) is 39.5. The molecule has 0 bridgehead atoms. The number of hydrogen-bond acceptors (Lipinski definition) is 8. The molecule has 0 radical (unpaired) electrons. The summed E-state index contributed by atoms with van der Waals surface area (Å²) in [5.41, 5.74) is -3.18. The summed E-state index contributed by atoms with van der Waals surface area (Å²) in [7, 11) is 0. The Morgan fingerprint density at radius 2 is 1.76 bits per heavy atom. The van der Waals surface area contributed by atoms with Gasteiger partial charge in [0.2, 0.25) is 6.29 Å². The number of fused-ring (bicyclic) bond motifs is 1. The smallest absolute Gasteiger partial charge is 0.339 e. The van der Waals surface area contributed by atoms with E-state index in [0.29, 0.717) is 12.8 Å². The molecule has 34 heavy (non-hydrogen) atoms. The molecule has 5 heterocycles. The van der Waals surface area contributed by atoms with E-state index in [2.05, 4.69) is 6.92 Å². The molecule has 180 valence electrons. The molecule has 2 spiro atoms. The Morgan fingerprint density at radius 3 is 2.50 bits per heavy atom. The number of epoxide rings is 1. The Bertz CT molecular complexity index is 1170. The topological polar surface area (TPSA) is 105 Å². The van der Waals surface area contributed by atoms with Crippen molar-refractivity contribution in [3.8, 4) is 0 Å². The molecule has 3 saturated heterocycles. The van der Waals surface area contributed by atoms with E-state index in [1.165, 1.54) is 6.08 Å². The van der Waals surface area contributed by atoms with Crippen LogP contribution in [0.3, 0.4) is 0 Å². The number of furan rings is 1. The minimum atomic E-state index is -1.01. The number of Topliss-reactive ketones (excluding diaryl/α,β-unsaturated/α-hetero) is 1. The Balaban J connectivity index is 1.43. The molecule has 0 N–H and O–H groups in total. The molecule has 5 fully saturated rings. The average Bonchev–Trinajstić information content (AvgIpc) is 3.26. The van der Waals surface area contributed by atoms with Crippen LogP contribution in [-0.2, 0) is 33.3 Å². The number of esters is 2. The van der Waals surface area contributed by atoms with Crippen LogP contribution in [0.25, 0.3) is 0 Å². The molecule has 0 amide bonds. The van der Waals surface area contributed by atoms with Gasteiger partial charge < -0.3 is 23.4 Å². The molecule has 6 aliphatic rings. The van der Waals surface area contributed by atoms with Crippen LogP contribution >= 0.6 is 0 Å². The fourth-order valence-electron chi connectivity index (χ4n) is 8.86. The summed E-state index contributed by atoms with van der Waals surface area (Å²) >= 11 is 0. The molecule has 0 aromatic carbocycles. The Labute approximate surface area is 196 Å². The van der Waals surface area contributed by atoms with E-state index >= 15 is 0 Å². The number of ether oxygens (including phenoxy) is 4. The third-order valence-electron chi connectivity index (χ3n) is 10.3. The lowest BCUT2D eigenvalue weighted by atomic mass is 9.37. The summed E-state index contributed by atoms with van der Waals surface area (Å²) < 4.78 is 29.6. The zero-order chi connectivity index (χ0) is 23.9. The quantitative estimate of drug-likeness (QED) is 0.457. The summed E-state index contributed by atoms with van der Waals surface area (Å²) in [6.45, 7) is 7.95. The van der Waals surface area contributed by atoms with Crippen LogP contribution in [0.1, 0.15) is 58.6 Å². The summed E-state index contributed by atoms with van der Waals surface area (Å²) in [6, 6.07) is 1.80. The van der Waals surface area contributed by atoms with Gasteiger partial charge in [0, 0.05) is 29.4 Å². The first-order valence-electron chi connectivity index (χ1n) is 12.0. The van der Waals surface area contributed by atoms with E-state index in [0.717, 1.165) is 5.56 Å². The van der Waals surface area contributed by atoms with Crippen LogP contribution in [0.2, 0.25) is 0 Å². The van der Waals surface area contributed by atoms with E-state index in [1.54, 1.807) is 18.6 Å². The van der Waals surface area contributed by atoms with Gasteiger partial charge in [-0.2, -0.15) is 0 Å². The largest absolute Gasteiger partial charge is 0.472 e. The van der Waals surface area contributed by atoms with Gasteiger partial charge in [-0.1, -0.05) is 13.0 Å². The lowest BCUT2D eigenvalue weighted by Gasteiger charge is -2.64. The first-order chi connectivity index (χ1) is 16.0. The number of carbonyl (C=O) groups excluding carboxylic acids is 3. The van der Waals surface area contributed by atoms with Crippen molar-refractivity contribution in [2.24, 2.45) is 28.1 Å². The van der Waals surface area contributed by atoms with Crippen LogP contribution in [0, 0.1) is 28.1 Å². The van der Waals surface area contributed by atoms with Crippen molar-refractivity contribution < 1.29 is 37.7 Å². The van der Waals surface area contributed by atoms with E-state index < -0.39 is 57.9 Å². The van der Waals surface area contributed by atoms with Crippen molar-refractivity contribution >= 4 is 17.7 Å². The Kier molecular flexibility index (Phi) is 3.59. The Hall–Kier alpha value is -2.45. The number of ketones is 1. The molecule has 2 saturated carbocycles. The van der Waals surface area contributed by atoms with Gasteiger partial charge in [0.1, 0.15) is 17.5 Å². The molecule has 1 aromatic heterocycles. The highest BCUT2D eigenvalue weighted by Gasteiger charge is 2.89. The van der Waals surface area contributed by atoms with Crippen LogP contribution < -0.4 is 0 Å². The molecular formula is C26H28O8. The highest BCUT2D eigenvalue weighted by atomic mass is 16.7. The fraction of sp³-hybridized carbons (Fsp3) is 0.654. The van der Waals surface area contributed by atoms with Gasteiger partial charge in [-0.3, -0.25) is 4.79 Å². The van der Waals surface area contributed by atoms with Gasteiger partial charge in [0.15, 0.2) is 6.10 Å². The van der Waals surface area contributed by atoms with Gasteiger partial charge in [0.25, 0.3) is 0 Å². The zero-order valence-corrected chi connectivity index (χ0v) is 19.7. The van der Waals surface area contributed by atoms with Gasteiger partial charge in [0.05, 0.1) is 29.0 Å². The first kappa shape index (κ1) is 20.9. The predicted octanol–water partition coefficient (Wildman–Crippen LogP) is 3.26. The normalized spacial score (nSPS) is 51.9. The first-order valence-corrected chi connectivity index (χ1v) is 12.0. The van der Waals surface area contributed by atoms with Crippen LogP contribution in [-0.4, -0.2) is 41.3 Å². The zero-order valence-electron chi connectivity index (χ0n) is 19.7. The molecule has 9 atom stereocenters. The van der Waals surface area contributed by atoms with E-state index in [9.17, 15) is 14.4 Å². The molecule has 2 aliphatic carbocycles. The maximum Gasteiger partial charge on any atom is 0.339 e. The van der Waals surface area contributed by atoms with Crippen molar-refractivity contribution in [2.75, 3.05) is 0 Å². The highest BCUT2D eigenvalue weighted by Crippen LogP contribution is 2.79. The minimum Gasteiger partial charge on any atom is -0.472 e. The minimum absolute atomic E-state index is 0.0739. The van der Waals surface area contributed by atoms with Crippen molar-refractivity contribution in [3.05, 3.63) is 36.3 Å². The molecule has 8 heteroatoms. The average molecular weight is 469 g/mol. The molecule has 8 nitrogen and oxygen atoms in total. The molecule has 7 rings (SSSR count). The second-order valence-electron chi connectivity index (χ2n) is 11.8. The number of rotatable bonds is 1. The monoisotopic (exact) mass is 468 g/mol. The van der Waals surface area contributed by atoms with Crippen LogP contribution in [0.4, 0.5) is 0 Å². The van der Waals surface area contributed by atoms with Gasteiger partial charge in [-0.15, -0.1) is 0 Å². The predicted molar refractivity (Wildman–Crippen MR) is 114 cm³/mol. The number of cyclic esters (lactones) is 1. The maximum absolute atomic E-state index is 14.2. The van der Waals surface area contributed by atoms with Gasteiger partial charge in [-0.05, 0) is 45.6 Å². The van der Waals surface area contributed by atoms with Crippen molar-refractivity contribution in [2.45, 2.75) is 76.7 Å². The lowest BCUT2D eigenvalue weighted by Crippen LogP contribution is -2.71. The summed E-state index contributed by atoms with van der Waals surface area (Å²) in [5, 5.41) is 0. The van der Waals surface area contributed by atoms with Gasteiger partial charge in [-0.25, -0.2) is 9.59 Å². The summed E-state index contributed by atoms with van der Waals surface area (Å²) in [6.07, 6.45) is 6.02. The van der Waals surface area contributed by atoms with Crippen LogP contribution in [0.15, 0.2) is 35.2 Å². The number of carbonyl (C=O) groups is 3. The third kappa shape index (κ3) is 1.97. The van der Waals surface area contributed by atoms with Crippen LogP contribution in [0.5, 0.6) is 0 Å². The maximum atomic E-state index is 14.2. The third-order valence-corrected chi connectivity index (χ3v) is 10.3. The van der Waals surface area contributed by atoms with E-state index in [4.69, 9.17) is 23.4 Å². The molecule has 1 aromatic rings. The molecule has 0 unspecified atom stereocenters. The lowest BCUT2D eigenvalue weighted by molar-refractivity contribution is -0.229. The highest BCUT2D eigenvalue weighted by molar-refractivity contribution is 5.93. The Morgan fingerprint density at radius 1 is 0.971 bits per heavy atom. The van der Waals surface area contributed by atoms with E-state index in [1.807, 2.05) is 26.8 Å². The van der Waals surface area contributed by atoms with Crippen molar-refractivity contribution in [1.82, 2.24) is 0 Å². The van der Waals surface area contributed by atoms with Crippen molar-refractivity contribution in [1.29, 1.82) is 0 Å². The van der Waals surface area contributed by atoms with Gasteiger partial charge >= 0.3 is 11.9 Å². The second-order valence-corrected chi connectivity index (χ2v) is 11.8. The SMILES string of the molecule is CC1(C)O[C@@H]2OC(=O)C=C[C@]23[C@H]2CC[C@@]4(C)[C@H](c5ccoc5)OC(=O)[C@H]5O[C@]54[C@]2(C)C(=O)C[C@@H]13. The second kappa shape index (κ2) is 5.85. The molecular weight excluding hydrogens is 440 g/mol. The molecule has 4 aliphatic heterocycles. The number of hydrogen-bond donors (Lipinski definition) is 0. The van der Waals surface area contributed by atoms with Crippen molar-refractivity contribution in [3.63, 3.8) is 0 Å². The fourth-order valence-corrected chi connectivity index (χ4v) is 8.86. The standard InChI is InChI=1S/C26H28O8/c1-22(2)15-11-16(27)24(4)14(25(15)9-6-17(28)31-21(25)34-22)5-8-23(3)18(13-7-10-30-12-13)32-20(29)19-26(23,24)33-19/h6-7,9-10,12,14-15,18-19,21H,5,8,11H2,1-4H3/t14-,15-,18-,19+,21-,23-,24-,25+,26+/m0/s1.